The fraction of sp³-hybridized carbons (Fsp3) is 0.385. The molecule has 0 spiro atoms. The minimum absolute atomic E-state index is 0.172. The summed E-state index contributed by atoms with van der Waals surface area (Å²) in [7, 11) is 1.75. The third-order valence-electron chi connectivity index (χ3n) is 3.37. The van der Waals surface area contributed by atoms with Crippen molar-refractivity contribution >= 4 is 16.9 Å². The molecule has 2 N–H and O–H groups in total. The average Bonchev–Trinajstić information content (AvgIpc) is 3.06. The Morgan fingerprint density at radius 3 is 2.65 bits per heavy atom. The molecule has 10 heteroatoms. The zero-order valence-corrected chi connectivity index (χ0v) is 12.6. The summed E-state index contributed by atoms with van der Waals surface area (Å²) in [6.07, 6.45) is -2.07. The van der Waals surface area contributed by atoms with Gasteiger partial charge in [0.1, 0.15) is 23.2 Å². The summed E-state index contributed by atoms with van der Waals surface area (Å²) < 4.78 is 39.5. The number of aromatic amines is 1. The smallest absolute Gasteiger partial charge is 0.360 e. The number of fused-ring (bicyclic) bond motifs is 1. The van der Waals surface area contributed by atoms with E-state index in [1.54, 1.807) is 31.8 Å². The van der Waals surface area contributed by atoms with Crippen LogP contribution in [0.15, 0.2) is 12.4 Å². The van der Waals surface area contributed by atoms with Crippen molar-refractivity contribution in [2.75, 3.05) is 5.32 Å². The van der Waals surface area contributed by atoms with Gasteiger partial charge in [0.15, 0.2) is 5.65 Å². The summed E-state index contributed by atoms with van der Waals surface area (Å²) in [5, 5.41) is 7.86. The van der Waals surface area contributed by atoms with Gasteiger partial charge in [-0.1, -0.05) is 0 Å². The largest absolute Gasteiger partial charge is 0.432 e. The zero-order valence-electron chi connectivity index (χ0n) is 12.6. The number of aromatic nitrogens is 6. The van der Waals surface area contributed by atoms with Crippen LogP contribution in [-0.4, -0.2) is 29.7 Å². The normalized spacial score (nSPS) is 13.5. The molecule has 0 aromatic carbocycles. The van der Waals surface area contributed by atoms with E-state index in [9.17, 15) is 13.2 Å². The molecule has 0 radical (unpaired) electrons. The molecule has 0 aliphatic rings. The molecule has 0 aliphatic heterocycles. The Morgan fingerprint density at radius 1 is 1.26 bits per heavy atom. The van der Waals surface area contributed by atoms with Gasteiger partial charge >= 0.3 is 6.18 Å². The van der Waals surface area contributed by atoms with Gasteiger partial charge in [0, 0.05) is 7.05 Å². The van der Waals surface area contributed by atoms with Crippen LogP contribution >= 0.6 is 0 Å². The zero-order chi connectivity index (χ0) is 16.8. The molecule has 3 heterocycles. The van der Waals surface area contributed by atoms with Crippen LogP contribution in [0.1, 0.15) is 30.3 Å². The monoisotopic (exact) mass is 325 g/mol. The first-order chi connectivity index (χ1) is 10.8. The molecule has 0 fully saturated rings. The highest BCUT2D eigenvalue weighted by Gasteiger charge is 2.33. The van der Waals surface area contributed by atoms with E-state index in [0.29, 0.717) is 22.7 Å². The van der Waals surface area contributed by atoms with Crippen molar-refractivity contribution in [3.63, 3.8) is 0 Å². The summed E-state index contributed by atoms with van der Waals surface area (Å²) in [6.45, 7) is 3.43. The lowest BCUT2D eigenvalue weighted by Gasteiger charge is -2.13. The second kappa shape index (κ2) is 5.21. The number of H-pyrrole nitrogens is 1. The predicted molar refractivity (Wildman–Crippen MR) is 76.7 cm³/mol. The van der Waals surface area contributed by atoms with E-state index in [4.69, 9.17) is 0 Å². The lowest BCUT2D eigenvalue weighted by atomic mass is 10.3. The summed E-state index contributed by atoms with van der Waals surface area (Å²) in [6, 6.07) is -0.496. The summed E-state index contributed by atoms with van der Waals surface area (Å²) >= 11 is 0. The van der Waals surface area contributed by atoms with Crippen molar-refractivity contribution in [3.8, 4) is 0 Å². The highest BCUT2D eigenvalue weighted by Crippen LogP contribution is 2.29. The summed E-state index contributed by atoms with van der Waals surface area (Å²) in [5.74, 6) is 1.20. The molecule has 3 rings (SSSR count). The van der Waals surface area contributed by atoms with Crippen molar-refractivity contribution < 1.29 is 13.2 Å². The quantitative estimate of drug-likeness (QED) is 0.773. The van der Waals surface area contributed by atoms with Gasteiger partial charge in [0.25, 0.3) is 0 Å². The van der Waals surface area contributed by atoms with E-state index in [1.807, 2.05) is 0 Å². The third-order valence-corrected chi connectivity index (χ3v) is 3.37. The van der Waals surface area contributed by atoms with Crippen LogP contribution < -0.4 is 5.32 Å². The van der Waals surface area contributed by atoms with E-state index < -0.39 is 17.9 Å². The van der Waals surface area contributed by atoms with Crippen LogP contribution in [0.5, 0.6) is 0 Å². The van der Waals surface area contributed by atoms with Crippen LogP contribution in [0.2, 0.25) is 0 Å². The van der Waals surface area contributed by atoms with Gasteiger partial charge in [0.2, 0.25) is 0 Å². The Morgan fingerprint density at radius 2 is 2.00 bits per heavy atom. The molecule has 7 nitrogen and oxygen atoms in total. The molecule has 1 atom stereocenters. The van der Waals surface area contributed by atoms with Crippen molar-refractivity contribution in [3.05, 3.63) is 29.7 Å². The van der Waals surface area contributed by atoms with Crippen LogP contribution in [0.3, 0.4) is 0 Å². The molecule has 0 amide bonds. The number of aryl methyl sites for hydroxylation is 2. The molecule has 0 saturated carbocycles. The molecular formula is C13H14F3N7. The number of nitrogens with zero attached hydrogens (tertiary/aromatic N) is 5. The Bertz CT molecular complexity index is 849. The van der Waals surface area contributed by atoms with E-state index in [2.05, 4.69) is 30.4 Å². The number of anilines is 1. The molecule has 122 valence electrons. The number of imidazole rings is 1. The SMILES string of the molecule is Cc1nc(NC(C)c2ncc(C(F)(F)F)[nH]2)c2cnn(C)c2n1. The number of halogens is 3. The maximum Gasteiger partial charge on any atom is 0.432 e. The third kappa shape index (κ3) is 2.83. The van der Waals surface area contributed by atoms with Gasteiger partial charge in [-0.05, 0) is 13.8 Å². The van der Waals surface area contributed by atoms with Gasteiger partial charge in [-0.2, -0.15) is 18.3 Å². The van der Waals surface area contributed by atoms with E-state index in [-0.39, 0.29) is 5.82 Å². The molecule has 0 saturated heterocycles. The summed E-state index contributed by atoms with van der Waals surface area (Å²) in [4.78, 5) is 14.6. The molecule has 23 heavy (non-hydrogen) atoms. The number of alkyl halides is 3. The highest BCUT2D eigenvalue weighted by molar-refractivity contribution is 5.86. The maximum absolute atomic E-state index is 12.6. The minimum Gasteiger partial charge on any atom is -0.360 e. The predicted octanol–water partition coefficient (Wildman–Crippen LogP) is 2.59. The second-order valence-electron chi connectivity index (χ2n) is 5.17. The highest BCUT2D eigenvalue weighted by atomic mass is 19.4. The standard InChI is InChI=1S/C13H14F3N7/c1-6(10-17-5-9(22-10)13(14,15)16)19-11-8-4-18-23(3)12(8)21-7(2)20-11/h4-6H,1-3H3,(H,17,22)(H,19,20,21). The first kappa shape index (κ1) is 15.3. The van der Waals surface area contributed by atoms with Crippen LogP contribution in [0, 0.1) is 6.92 Å². The molecule has 0 bridgehead atoms. The molecular weight excluding hydrogens is 311 g/mol. The second-order valence-corrected chi connectivity index (χ2v) is 5.17. The molecule has 3 aromatic rings. The first-order valence-corrected chi connectivity index (χ1v) is 6.80. The van der Waals surface area contributed by atoms with E-state index in [1.165, 1.54) is 0 Å². The Balaban J connectivity index is 1.91. The van der Waals surface area contributed by atoms with E-state index >= 15 is 0 Å². The van der Waals surface area contributed by atoms with Crippen molar-refractivity contribution in [1.82, 2.24) is 29.7 Å². The van der Waals surface area contributed by atoms with Gasteiger partial charge < -0.3 is 10.3 Å². The van der Waals surface area contributed by atoms with Crippen LogP contribution in [-0.2, 0) is 13.2 Å². The Kier molecular flexibility index (Phi) is 3.46. The van der Waals surface area contributed by atoms with Crippen molar-refractivity contribution in [2.24, 2.45) is 7.05 Å². The molecule has 0 aliphatic carbocycles. The first-order valence-electron chi connectivity index (χ1n) is 6.80. The van der Waals surface area contributed by atoms with Crippen LogP contribution in [0.25, 0.3) is 11.0 Å². The molecule has 3 aromatic heterocycles. The topological polar surface area (TPSA) is 84.3 Å². The number of nitrogens with one attached hydrogen (secondary N) is 2. The lowest BCUT2D eigenvalue weighted by Crippen LogP contribution is -2.12. The van der Waals surface area contributed by atoms with E-state index in [0.717, 1.165) is 6.20 Å². The van der Waals surface area contributed by atoms with Crippen molar-refractivity contribution in [1.29, 1.82) is 0 Å². The summed E-state index contributed by atoms with van der Waals surface area (Å²) in [5.41, 5.74) is -0.242. The number of rotatable bonds is 3. The van der Waals surface area contributed by atoms with Gasteiger partial charge in [-0.15, -0.1) is 0 Å². The lowest BCUT2D eigenvalue weighted by molar-refractivity contribution is -0.140. The Hall–Kier alpha value is -2.65. The Labute approximate surface area is 129 Å². The maximum atomic E-state index is 12.6. The van der Waals surface area contributed by atoms with Gasteiger partial charge in [0.05, 0.1) is 23.8 Å². The fourth-order valence-electron chi connectivity index (χ4n) is 2.22. The van der Waals surface area contributed by atoms with Gasteiger partial charge in [-0.25, -0.2) is 15.0 Å². The van der Waals surface area contributed by atoms with Crippen molar-refractivity contribution in [2.45, 2.75) is 26.1 Å². The number of hydrogen-bond acceptors (Lipinski definition) is 5. The van der Waals surface area contributed by atoms with Crippen LogP contribution in [0.4, 0.5) is 19.0 Å². The fourth-order valence-corrected chi connectivity index (χ4v) is 2.22. The number of hydrogen-bond donors (Lipinski definition) is 2. The van der Waals surface area contributed by atoms with Gasteiger partial charge in [-0.3, -0.25) is 4.68 Å². The minimum atomic E-state index is -4.45. The molecule has 1 unspecified atom stereocenters. The average molecular weight is 325 g/mol.